The van der Waals surface area contributed by atoms with Gasteiger partial charge in [-0.2, -0.15) is 0 Å². The Morgan fingerprint density at radius 3 is 2.57 bits per heavy atom. The van der Waals surface area contributed by atoms with Crippen LogP contribution in [0.25, 0.3) is 0 Å². The molecular formula is C9H13NO4. The third-order valence-corrected chi connectivity index (χ3v) is 2.39. The van der Waals surface area contributed by atoms with Gasteiger partial charge in [0, 0.05) is 12.5 Å². The minimum Gasteiger partial charge on any atom is -0.480 e. The number of carboxylic acids is 1. The van der Waals surface area contributed by atoms with Crippen molar-refractivity contribution in [1.29, 1.82) is 0 Å². The van der Waals surface area contributed by atoms with E-state index < -0.39 is 18.1 Å². The second-order valence-electron chi connectivity index (χ2n) is 3.28. The molecule has 2 N–H and O–H groups in total. The Labute approximate surface area is 81.6 Å². The molecule has 1 saturated heterocycles. The molecule has 1 rings (SSSR count). The lowest BCUT2D eigenvalue weighted by molar-refractivity contribution is -0.151. The number of aliphatic carboxylic acids is 1. The van der Waals surface area contributed by atoms with Crippen LogP contribution in [0.2, 0.25) is 0 Å². The Morgan fingerprint density at radius 1 is 1.50 bits per heavy atom. The van der Waals surface area contributed by atoms with E-state index in [4.69, 9.17) is 10.2 Å². The molecular weight excluding hydrogens is 186 g/mol. The summed E-state index contributed by atoms with van der Waals surface area (Å²) in [5.74, 6) is -1.15. The average Bonchev–Trinajstić information content (AvgIpc) is 2.00. The Kier molecular flexibility index (Phi) is 3.11. The predicted molar refractivity (Wildman–Crippen MR) is 49.1 cm³/mol. The van der Waals surface area contributed by atoms with Crippen LogP contribution in [0, 0.1) is 5.92 Å². The fraction of sp³-hybridized carbons (Fsp3) is 0.556. The van der Waals surface area contributed by atoms with Crippen LogP contribution in [-0.2, 0) is 4.79 Å². The molecule has 2 atom stereocenters. The van der Waals surface area contributed by atoms with E-state index in [2.05, 4.69) is 0 Å². The standard InChI is InChI=1S/C9H13NO4/c1-2-3-4-6-5-10(9(13)14)7(6)8(11)12/h2-3,6-7H,4-5H2,1H3,(H,11,12)(H,13,14)/b3-2+. The number of amides is 1. The smallest absolute Gasteiger partial charge is 0.408 e. The van der Waals surface area contributed by atoms with Crippen LogP contribution < -0.4 is 0 Å². The topological polar surface area (TPSA) is 77.8 Å². The third kappa shape index (κ3) is 1.86. The van der Waals surface area contributed by atoms with Crippen LogP contribution in [0.4, 0.5) is 4.79 Å². The largest absolute Gasteiger partial charge is 0.480 e. The summed E-state index contributed by atoms with van der Waals surface area (Å²) in [7, 11) is 0. The van der Waals surface area contributed by atoms with E-state index in [1.807, 2.05) is 19.1 Å². The molecule has 1 aliphatic heterocycles. The van der Waals surface area contributed by atoms with Crippen molar-refractivity contribution < 1.29 is 19.8 Å². The van der Waals surface area contributed by atoms with Crippen LogP contribution in [0.15, 0.2) is 12.2 Å². The van der Waals surface area contributed by atoms with Crippen molar-refractivity contribution in [2.45, 2.75) is 19.4 Å². The number of rotatable bonds is 3. The summed E-state index contributed by atoms with van der Waals surface area (Å²) in [6.07, 6.45) is 3.16. The molecule has 5 nitrogen and oxygen atoms in total. The van der Waals surface area contributed by atoms with E-state index in [9.17, 15) is 9.59 Å². The van der Waals surface area contributed by atoms with E-state index in [0.717, 1.165) is 4.90 Å². The van der Waals surface area contributed by atoms with E-state index in [0.29, 0.717) is 13.0 Å². The van der Waals surface area contributed by atoms with E-state index >= 15 is 0 Å². The summed E-state index contributed by atoms with van der Waals surface area (Å²) in [6, 6.07) is -0.872. The molecule has 2 unspecified atom stereocenters. The summed E-state index contributed by atoms with van der Waals surface area (Å²) < 4.78 is 0. The van der Waals surface area contributed by atoms with Crippen LogP contribution in [0.3, 0.4) is 0 Å². The van der Waals surface area contributed by atoms with Gasteiger partial charge in [-0.1, -0.05) is 12.2 Å². The summed E-state index contributed by atoms with van der Waals surface area (Å²) >= 11 is 0. The second-order valence-corrected chi connectivity index (χ2v) is 3.28. The van der Waals surface area contributed by atoms with Crippen molar-refractivity contribution in [3.8, 4) is 0 Å². The third-order valence-electron chi connectivity index (χ3n) is 2.39. The van der Waals surface area contributed by atoms with Crippen LogP contribution >= 0.6 is 0 Å². The fourth-order valence-electron chi connectivity index (χ4n) is 1.63. The highest BCUT2D eigenvalue weighted by molar-refractivity contribution is 5.81. The maximum absolute atomic E-state index is 10.7. The fourth-order valence-corrected chi connectivity index (χ4v) is 1.63. The molecule has 0 radical (unpaired) electrons. The Morgan fingerprint density at radius 2 is 2.14 bits per heavy atom. The van der Waals surface area contributed by atoms with Gasteiger partial charge in [-0.15, -0.1) is 0 Å². The van der Waals surface area contributed by atoms with Crippen molar-refractivity contribution in [1.82, 2.24) is 4.90 Å². The first-order valence-electron chi connectivity index (χ1n) is 4.41. The quantitative estimate of drug-likeness (QED) is 0.665. The predicted octanol–water partition coefficient (Wildman–Crippen LogP) is 1.02. The van der Waals surface area contributed by atoms with Crippen molar-refractivity contribution >= 4 is 12.1 Å². The Bertz CT molecular complexity index is 274. The SMILES string of the molecule is C/C=C/CC1CN(C(=O)O)C1C(=O)O. The number of likely N-dealkylation sites (tertiary alicyclic amines) is 1. The Hall–Kier alpha value is -1.52. The van der Waals surface area contributed by atoms with Gasteiger partial charge in [0.05, 0.1) is 0 Å². The lowest BCUT2D eigenvalue weighted by Crippen LogP contribution is -2.61. The lowest BCUT2D eigenvalue weighted by Gasteiger charge is -2.43. The van der Waals surface area contributed by atoms with Gasteiger partial charge in [-0.3, -0.25) is 4.90 Å². The number of carbonyl (C=O) groups is 2. The van der Waals surface area contributed by atoms with E-state index in [1.54, 1.807) is 0 Å². The minimum atomic E-state index is -1.16. The van der Waals surface area contributed by atoms with Gasteiger partial charge in [-0.25, -0.2) is 9.59 Å². The Balaban J connectivity index is 2.58. The zero-order valence-electron chi connectivity index (χ0n) is 7.88. The highest BCUT2D eigenvalue weighted by atomic mass is 16.4. The van der Waals surface area contributed by atoms with Gasteiger partial charge in [0.1, 0.15) is 6.04 Å². The van der Waals surface area contributed by atoms with Crippen LogP contribution in [0.1, 0.15) is 13.3 Å². The molecule has 0 bridgehead atoms. The van der Waals surface area contributed by atoms with Gasteiger partial charge in [0.25, 0.3) is 0 Å². The number of hydrogen-bond acceptors (Lipinski definition) is 2. The first-order valence-corrected chi connectivity index (χ1v) is 4.41. The van der Waals surface area contributed by atoms with Crippen molar-refractivity contribution in [3.05, 3.63) is 12.2 Å². The van der Waals surface area contributed by atoms with Crippen LogP contribution in [0.5, 0.6) is 0 Å². The first-order chi connectivity index (χ1) is 6.57. The molecule has 78 valence electrons. The minimum absolute atomic E-state index is 0.0835. The molecule has 1 amide bonds. The van der Waals surface area contributed by atoms with Crippen molar-refractivity contribution in [2.24, 2.45) is 5.92 Å². The second kappa shape index (κ2) is 4.13. The average molecular weight is 199 g/mol. The summed E-state index contributed by atoms with van der Waals surface area (Å²) in [6.45, 7) is 2.17. The van der Waals surface area contributed by atoms with Crippen molar-refractivity contribution in [3.63, 3.8) is 0 Å². The number of carboxylic acid groups (broad SMARTS) is 2. The van der Waals surface area contributed by atoms with Gasteiger partial charge in [-0.05, 0) is 13.3 Å². The maximum Gasteiger partial charge on any atom is 0.408 e. The van der Waals surface area contributed by atoms with Gasteiger partial charge < -0.3 is 10.2 Å². The molecule has 0 aromatic heterocycles. The molecule has 1 heterocycles. The first kappa shape index (κ1) is 10.6. The highest BCUT2D eigenvalue weighted by Crippen LogP contribution is 2.28. The van der Waals surface area contributed by atoms with Crippen molar-refractivity contribution in [2.75, 3.05) is 6.54 Å². The van der Waals surface area contributed by atoms with Gasteiger partial charge in [0.15, 0.2) is 0 Å². The molecule has 0 saturated carbocycles. The number of nitrogens with zero attached hydrogens (tertiary/aromatic N) is 1. The monoisotopic (exact) mass is 199 g/mol. The molecule has 1 fully saturated rings. The molecule has 14 heavy (non-hydrogen) atoms. The van der Waals surface area contributed by atoms with E-state index in [1.165, 1.54) is 0 Å². The molecule has 0 spiro atoms. The maximum atomic E-state index is 10.7. The zero-order chi connectivity index (χ0) is 10.7. The highest BCUT2D eigenvalue weighted by Gasteiger charge is 2.46. The molecule has 0 aromatic rings. The summed E-state index contributed by atoms with van der Waals surface area (Å²) in [5.41, 5.74) is 0. The molecule has 5 heteroatoms. The molecule has 1 aliphatic rings. The normalized spacial score (nSPS) is 26.2. The zero-order valence-corrected chi connectivity index (χ0v) is 7.88. The van der Waals surface area contributed by atoms with Gasteiger partial charge >= 0.3 is 12.1 Å². The number of allylic oxidation sites excluding steroid dienone is 2. The lowest BCUT2D eigenvalue weighted by atomic mass is 9.86. The van der Waals surface area contributed by atoms with E-state index in [-0.39, 0.29) is 5.92 Å². The number of hydrogen-bond donors (Lipinski definition) is 2. The van der Waals surface area contributed by atoms with Gasteiger partial charge in [0.2, 0.25) is 0 Å². The molecule has 0 aromatic carbocycles. The van der Waals surface area contributed by atoms with Crippen LogP contribution in [-0.4, -0.2) is 39.8 Å². The summed E-state index contributed by atoms with van der Waals surface area (Å²) in [4.78, 5) is 22.3. The molecule has 0 aliphatic carbocycles. The summed E-state index contributed by atoms with van der Waals surface area (Å²) in [5, 5.41) is 17.4.